The van der Waals surface area contributed by atoms with Gasteiger partial charge in [-0.05, 0) is 50.6 Å². The predicted octanol–water partition coefficient (Wildman–Crippen LogP) is 2.47. The van der Waals surface area contributed by atoms with Crippen molar-refractivity contribution in [2.75, 3.05) is 20.7 Å². The number of methoxy groups -OCH3 is 1. The average Bonchev–Trinajstić information content (AvgIpc) is 2.29. The number of halogens is 1. The van der Waals surface area contributed by atoms with Gasteiger partial charge in [0.25, 0.3) is 0 Å². The van der Waals surface area contributed by atoms with E-state index in [2.05, 4.69) is 12.2 Å². The van der Waals surface area contributed by atoms with Crippen LogP contribution in [0.2, 0.25) is 0 Å². The molecule has 0 saturated heterocycles. The van der Waals surface area contributed by atoms with Crippen LogP contribution in [0.1, 0.15) is 23.6 Å². The SMILES string of the molecule is CCc1c(CCNC)cc(F)c(C)c1OC. The van der Waals surface area contributed by atoms with E-state index in [-0.39, 0.29) is 5.82 Å². The summed E-state index contributed by atoms with van der Waals surface area (Å²) in [4.78, 5) is 0. The number of hydrogen-bond donors (Lipinski definition) is 1. The first-order valence-corrected chi connectivity index (χ1v) is 5.65. The van der Waals surface area contributed by atoms with Gasteiger partial charge in [-0.1, -0.05) is 6.92 Å². The van der Waals surface area contributed by atoms with E-state index in [4.69, 9.17) is 4.74 Å². The van der Waals surface area contributed by atoms with Gasteiger partial charge in [-0.2, -0.15) is 0 Å². The summed E-state index contributed by atoms with van der Waals surface area (Å²) >= 11 is 0. The number of rotatable bonds is 5. The zero-order chi connectivity index (χ0) is 12.1. The quantitative estimate of drug-likeness (QED) is 0.831. The van der Waals surface area contributed by atoms with E-state index < -0.39 is 0 Å². The van der Waals surface area contributed by atoms with Crippen LogP contribution in [0.15, 0.2) is 6.07 Å². The van der Waals surface area contributed by atoms with E-state index in [1.165, 1.54) is 0 Å². The second kappa shape index (κ2) is 5.85. The van der Waals surface area contributed by atoms with Crippen LogP contribution in [-0.2, 0) is 12.8 Å². The van der Waals surface area contributed by atoms with Gasteiger partial charge < -0.3 is 10.1 Å². The maximum Gasteiger partial charge on any atom is 0.130 e. The van der Waals surface area contributed by atoms with Crippen LogP contribution >= 0.6 is 0 Å². The second-order valence-corrected chi connectivity index (χ2v) is 3.86. The summed E-state index contributed by atoms with van der Waals surface area (Å²) in [6, 6.07) is 1.63. The summed E-state index contributed by atoms with van der Waals surface area (Å²) in [6.45, 7) is 4.67. The van der Waals surface area contributed by atoms with Gasteiger partial charge in [-0.15, -0.1) is 0 Å². The Balaban J connectivity index is 3.20. The fraction of sp³-hybridized carbons (Fsp3) is 0.538. The van der Waals surface area contributed by atoms with Crippen LogP contribution < -0.4 is 10.1 Å². The molecule has 0 unspecified atom stereocenters. The summed E-state index contributed by atoms with van der Waals surface area (Å²) < 4.78 is 19.0. The molecule has 1 rings (SSSR count). The lowest BCUT2D eigenvalue weighted by atomic mass is 9.98. The number of likely N-dealkylation sites (N-methyl/N-ethyl adjacent to an activating group) is 1. The van der Waals surface area contributed by atoms with Crippen molar-refractivity contribution in [3.8, 4) is 5.75 Å². The molecule has 0 spiro atoms. The molecule has 16 heavy (non-hydrogen) atoms. The van der Waals surface area contributed by atoms with Crippen LogP contribution in [0.25, 0.3) is 0 Å². The standard InChI is InChI=1S/C13H20FNO/c1-5-11-10(6-7-15-3)8-12(14)9(2)13(11)16-4/h8,15H,5-7H2,1-4H3. The highest BCUT2D eigenvalue weighted by Crippen LogP contribution is 2.29. The average molecular weight is 225 g/mol. The summed E-state index contributed by atoms with van der Waals surface area (Å²) in [5, 5.41) is 3.08. The third kappa shape index (κ3) is 2.53. The highest BCUT2D eigenvalue weighted by molar-refractivity contribution is 5.47. The Morgan fingerprint density at radius 2 is 2.12 bits per heavy atom. The van der Waals surface area contributed by atoms with Crippen molar-refractivity contribution in [1.82, 2.24) is 5.32 Å². The van der Waals surface area contributed by atoms with E-state index >= 15 is 0 Å². The van der Waals surface area contributed by atoms with E-state index in [0.29, 0.717) is 11.3 Å². The molecule has 0 amide bonds. The van der Waals surface area contributed by atoms with Crippen molar-refractivity contribution in [3.63, 3.8) is 0 Å². The molecule has 0 aliphatic rings. The highest BCUT2D eigenvalue weighted by Gasteiger charge is 2.14. The van der Waals surface area contributed by atoms with Crippen molar-refractivity contribution in [2.24, 2.45) is 0 Å². The van der Waals surface area contributed by atoms with Crippen molar-refractivity contribution < 1.29 is 9.13 Å². The normalized spacial score (nSPS) is 10.6. The van der Waals surface area contributed by atoms with Crippen LogP contribution in [0, 0.1) is 12.7 Å². The third-order valence-corrected chi connectivity index (χ3v) is 2.86. The number of hydrogen-bond acceptors (Lipinski definition) is 2. The van der Waals surface area contributed by atoms with Gasteiger partial charge >= 0.3 is 0 Å². The van der Waals surface area contributed by atoms with Crippen LogP contribution in [0.4, 0.5) is 4.39 Å². The number of benzene rings is 1. The van der Waals surface area contributed by atoms with Crippen molar-refractivity contribution in [2.45, 2.75) is 26.7 Å². The zero-order valence-corrected chi connectivity index (χ0v) is 10.5. The Bertz CT molecular complexity index is 363. The Hall–Kier alpha value is -1.09. The molecule has 0 atom stereocenters. The van der Waals surface area contributed by atoms with Gasteiger partial charge in [0.05, 0.1) is 7.11 Å². The lowest BCUT2D eigenvalue weighted by Crippen LogP contribution is -2.12. The summed E-state index contributed by atoms with van der Waals surface area (Å²) in [6.07, 6.45) is 1.69. The lowest BCUT2D eigenvalue weighted by molar-refractivity contribution is 0.401. The molecule has 2 nitrogen and oxygen atoms in total. The first-order chi connectivity index (χ1) is 7.65. The molecule has 0 fully saturated rings. The van der Waals surface area contributed by atoms with Gasteiger partial charge in [0.15, 0.2) is 0 Å². The minimum Gasteiger partial charge on any atom is -0.496 e. The van der Waals surface area contributed by atoms with Gasteiger partial charge in [0.1, 0.15) is 11.6 Å². The highest BCUT2D eigenvalue weighted by atomic mass is 19.1. The third-order valence-electron chi connectivity index (χ3n) is 2.86. The number of nitrogens with one attached hydrogen (secondary N) is 1. The molecule has 0 heterocycles. The van der Waals surface area contributed by atoms with Crippen molar-refractivity contribution in [1.29, 1.82) is 0 Å². The molecule has 90 valence electrons. The fourth-order valence-electron chi connectivity index (χ4n) is 1.98. The number of ether oxygens (including phenoxy) is 1. The fourth-order valence-corrected chi connectivity index (χ4v) is 1.98. The van der Waals surface area contributed by atoms with Crippen molar-refractivity contribution >= 4 is 0 Å². The van der Waals surface area contributed by atoms with Crippen LogP contribution in [0.5, 0.6) is 5.75 Å². The van der Waals surface area contributed by atoms with Gasteiger partial charge in [0.2, 0.25) is 0 Å². The molecular formula is C13H20FNO. The maximum atomic E-state index is 13.7. The van der Waals surface area contributed by atoms with E-state index in [1.807, 2.05) is 7.05 Å². The Kier molecular flexibility index (Phi) is 4.74. The molecule has 3 heteroatoms. The Morgan fingerprint density at radius 1 is 1.44 bits per heavy atom. The minimum atomic E-state index is -0.180. The molecule has 0 radical (unpaired) electrons. The molecule has 0 saturated carbocycles. The van der Waals surface area contributed by atoms with Gasteiger partial charge in [-0.25, -0.2) is 4.39 Å². The lowest BCUT2D eigenvalue weighted by Gasteiger charge is -2.16. The Labute approximate surface area is 96.8 Å². The largest absolute Gasteiger partial charge is 0.496 e. The monoisotopic (exact) mass is 225 g/mol. The molecule has 0 aromatic heterocycles. The molecule has 1 aromatic carbocycles. The second-order valence-electron chi connectivity index (χ2n) is 3.86. The molecule has 0 aliphatic heterocycles. The topological polar surface area (TPSA) is 21.3 Å². The first kappa shape index (κ1) is 13.0. The Morgan fingerprint density at radius 3 is 2.62 bits per heavy atom. The van der Waals surface area contributed by atoms with Crippen LogP contribution in [-0.4, -0.2) is 20.7 Å². The smallest absolute Gasteiger partial charge is 0.130 e. The van der Waals surface area contributed by atoms with Gasteiger partial charge in [0, 0.05) is 5.56 Å². The maximum absolute atomic E-state index is 13.7. The van der Waals surface area contributed by atoms with E-state index in [1.54, 1.807) is 20.1 Å². The summed E-state index contributed by atoms with van der Waals surface area (Å²) in [7, 11) is 3.50. The first-order valence-electron chi connectivity index (χ1n) is 5.65. The predicted molar refractivity (Wildman–Crippen MR) is 64.7 cm³/mol. The van der Waals surface area contributed by atoms with E-state index in [9.17, 15) is 4.39 Å². The van der Waals surface area contributed by atoms with Gasteiger partial charge in [-0.3, -0.25) is 0 Å². The molecule has 0 bridgehead atoms. The molecule has 0 aliphatic carbocycles. The summed E-state index contributed by atoms with van der Waals surface area (Å²) in [5.41, 5.74) is 2.76. The van der Waals surface area contributed by atoms with Crippen LogP contribution in [0.3, 0.4) is 0 Å². The summed E-state index contributed by atoms with van der Waals surface area (Å²) in [5.74, 6) is 0.522. The molecule has 1 aromatic rings. The molecular weight excluding hydrogens is 205 g/mol. The minimum absolute atomic E-state index is 0.180. The van der Waals surface area contributed by atoms with Crippen molar-refractivity contribution in [3.05, 3.63) is 28.6 Å². The molecule has 1 N–H and O–H groups in total. The van der Waals surface area contributed by atoms with E-state index in [0.717, 1.165) is 30.5 Å². The zero-order valence-electron chi connectivity index (χ0n) is 10.5.